The monoisotopic (exact) mass is 597 g/mol. The molecule has 0 unspecified atom stereocenters. The summed E-state index contributed by atoms with van der Waals surface area (Å²) in [5, 5.41) is 0. The van der Waals surface area contributed by atoms with Crippen molar-refractivity contribution in [3.63, 3.8) is 0 Å². The third-order valence-electron chi connectivity index (χ3n) is 8.13. The molecule has 0 aliphatic carbocycles. The number of hydrogen-bond donors (Lipinski definition) is 0. The van der Waals surface area contributed by atoms with Crippen molar-refractivity contribution < 1.29 is 4.74 Å². The molecule has 2 fully saturated rings. The van der Waals surface area contributed by atoms with Gasteiger partial charge in [-0.3, -0.25) is 14.8 Å². The number of aromatic nitrogens is 1. The van der Waals surface area contributed by atoms with Crippen LogP contribution in [-0.2, 0) is 6.54 Å². The molecule has 3 heterocycles. The zero-order chi connectivity index (χ0) is 25.0. The highest BCUT2D eigenvalue weighted by Gasteiger charge is 2.41. The first-order chi connectivity index (χ1) is 18.3. The number of rotatable bonds is 7. The third kappa shape index (κ3) is 6.82. The lowest BCUT2D eigenvalue weighted by Crippen LogP contribution is -2.57. The second-order valence-electron chi connectivity index (χ2n) is 10.4. The zero-order valence-electron chi connectivity index (χ0n) is 22.8. The molecule has 3 aromatic carbocycles. The number of fused-ring (bicyclic) bond motifs is 1. The summed E-state index contributed by atoms with van der Waals surface area (Å²) in [4.78, 5) is 9.80. The number of benzene rings is 3. The second-order valence-corrected chi connectivity index (χ2v) is 10.4. The van der Waals surface area contributed by atoms with E-state index in [0.29, 0.717) is 18.0 Å². The van der Waals surface area contributed by atoms with Gasteiger partial charge in [0, 0.05) is 61.2 Å². The highest BCUT2D eigenvalue weighted by atomic mass is 35.5. The summed E-state index contributed by atoms with van der Waals surface area (Å²) in [7, 11) is 1.78. The molecule has 2 saturated heterocycles. The number of pyridine rings is 1. The summed E-state index contributed by atoms with van der Waals surface area (Å²) in [5.41, 5.74) is 6.37. The fraction of sp³-hybridized carbons (Fsp3) is 0.303. The van der Waals surface area contributed by atoms with Crippen molar-refractivity contribution in [1.82, 2.24) is 14.8 Å². The van der Waals surface area contributed by atoms with E-state index in [-0.39, 0.29) is 37.2 Å². The number of nitrogens with zero attached hydrogens (tertiary/aromatic N) is 3. The molecular formula is C33H38Cl3N3O. The molecular weight excluding hydrogens is 561 g/mol. The predicted molar refractivity (Wildman–Crippen MR) is 171 cm³/mol. The first-order valence-electron chi connectivity index (χ1n) is 13.5. The summed E-state index contributed by atoms with van der Waals surface area (Å²) in [6.45, 7) is 4.21. The Bertz CT molecular complexity index is 1270. The summed E-state index contributed by atoms with van der Waals surface area (Å²) in [6, 6.07) is 33.9. The Labute approximate surface area is 257 Å². The number of hydrogen-bond acceptors (Lipinski definition) is 4. The summed E-state index contributed by atoms with van der Waals surface area (Å²) in [6.07, 6.45) is 6.32. The molecule has 2 aliphatic heterocycles. The van der Waals surface area contributed by atoms with Crippen LogP contribution in [0.5, 0.6) is 5.75 Å². The van der Waals surface area contributed by atoms with Crippen LogP contribution in [0.1, 0.15) is 35.4 Å². The molecule has 40 heavy (non-hydrogen) atoms. The number of piperazine rings is 1. The van der Waals surface area contributed by atoms with E-state index >= 15 is 0 Å². The molecule has 4 nitrogen and oxygen atoms in total. The predicted octanol–water partition coefficient (Wildman–Crippen LogP) is 7.50. The van der Waals surface area contributed by atoms with Gasteiger partial charge in [-0.25, -0.2) is 0 Å². The molecule has 0 radical (unpaired) electrons. The van der Waals surface area contributed by atoms with E-state index in [1.165, 1.54) is 41.6 Å². The molecule has 0 N–H and O–H groups in total. The van der Waals surface area contributed by atoms with Gasteiger partial charge in [0.2, 0.25) is 0 Å². The van der Waals surface area contributed by atoms with Crippen molar-refractivity contribution in [3.05, 3.63) is 120 Å². The fourth-order valence-electron chi connectivity index (χ4n) is 6.47. The molecule has 0 bridgehead atoms. The maximum atomic E-state index is 5.82. The minimum absolute atomic E-state index is 0. The van der Waals surface area contributed by atoms with Gasteiger partial charge >= 0.3 is 0 Å². The smallest absolute Gasteiger partial charge is 0.123 e. The molecule has 0 spiro atoms. The molecule has 1 aromatic heterocycles. The lowest BCUT2D eigenvalue weighted by Gasteiger charge is -2.47. The van der Waals surface area contributed by atoms with Crippen molar-refractivity contribution in [2.45, 2.75) is 37.4 Å². The molecule has 2 aliphatic rings. The van der Waals surface area contributed by atoms with Gasteiger partial charge in [-0.15, -0.1) is 37.2 Å². The van der Waals surface area contributed by atoms with E-state index in [9.17, 15) is 0 Å². The maximum absolute atomic E-state index is 5.82. The molecule has 0 amide bonds. The molecule has 2 atom stereocenters. The van der Waals surface area contributed by atoms with Crippen molar-refractivity contribution in [2.24, 2.45) is 0 Å². The molecule has 0 saturated carbocycles. The Morgan fingerprint density at radius 1 is 0.825 bits per heavy atom. The standard InChI is InChI=1S/C33H35N3O.3ClH/c1-37-32-17-16-27(28-14-8-18-34-21-28)20-29(32)22-35-23-30-15-9-19-36(30)31(24-35)33(25-10-4-2-5-11-25)26-12-6-3-7-13-26;;;/h2-8,10-14,16-18,20-21,30-31,33H,9,15,19,22-24H2,1H3;3*1H/t30-,31-;;;/m0.../s1. The van der Waals surface area contributed by atoms with Crippen LogP contribution in [-0.4, -0.2) is 53.6 Å². The largest absolute Gasteiger partial charge is 0.496 e. The fourth-order valence-corrected chi connectivity index (χ4v) is 6.47. The lowest BCUT2D eigenvalue weighted by atomic mass is 9.82. The Morgan fingerprint density at radius 3 is 2.15 bits per heavy atom. The second kappa shape index (κ2) is 14.9. The Hall–Kier alpha value is -2.60. The number of methoxy groups -OCH3 is 1. The van der Waals surface area contributed by atoms with Crippen LogP contribution in [0.15, 0.2) is 103 Å². The summed E-state index contributed by atoms with van der Waals surface area (Å²) >= 11 is 0. The van der Waals surface area contributed by atoms with E-state index < -0.39 is 0 Å². The Balaban J connectivity index is 0.00000147. The van der Waals surface area contributed by atoms with Crippen LogP contribution in [0, 0.1) is 0 Å². The number of ether oxygens (including phenoxy) is 1. The van der Waals surface area contributed by atoms with Gasteiger partial charge in [-0.1, -0.05) is 72.8 Å². The minimum atomic E-state index is 0. The average molecular weight is 599 g/mol. The van der Waals surface area contributed by atoms with Crippen LogP contribution in [0.4, 0.5) is 0 Å². The van der Waals surface area contributed by atoms with Crippen LogP contribution >= 0.6 is 37.2 Å². The lowest BCUT2D eigenvalue weighted by molar-refractivity contribution is 0.0380. The van der Waals surface area contributed by atoms with Gasteiger partial charge in [0.25, 0.3) is 0 Å². The topological polar surface area (TPSA) is 28.6 Å². The minimum Gasteiger partial charge on any atom is -0.496 e. The first kappa shape index (κ1) is 31.9. The normalized spacial score (nSPS) is 18.6. The van der Waals surface area contributed by atoms with Crippen molar-refractivity contribution >= 4 is 37.2 Å². The van der Waals surface area contributed by atoms with Crippen LogP contribution in [0.25, 0.3) is 11.1 Å². The summed E-state index contributed by atoms with van der Waals surface area (Å²) < 4.78 is 5.82. The quantitative estimate of drug-likeness (QED) is 0.220. The molecule has 212 valence electrons. The summed E-state index contributed by atoms with van der Waals surface area (Å²) in [5.74, 6) is 1.30. The SMILES string of the molecule is COc1ccc(-c2cccnc2)cc1CN1C[C@@H]2CCCN2[C@H](C(c2ccccc2)c2ccccc2)C1.Cl.Cl.Cl. The van der Waals surface area contributed by atoms with Gasteiger partial charge < -0.3 is 4.74 Å². The van der Waals surface area contributed by atoms with Crippen LogP contribution in [0.2, 0.25) is 0 Å². The van der Waals surface area contributed by atoms with Crippen molar-refractivity contribution in [2.75, 3.05) is 26.7 Å². The van der Waals surface area contributed by atoms with Crippen molar-refractivity contribution in [3.8, 4) is 16.9 Å². The highest BCUT2D eigenvalue weighted by Crippen LogP contribution is 2.38. The first-order valence-corrected chi connectivity index (χ1v) is 13.5. The van der Waals surface area contributed by atoms with Gasteiger partial charge in [-0.05, 0) is 54.3 Å². The van der Waals surface area contributed by atoms with Crippen LogP contribution < -0.4 is 4.74 Å². The number of halogens is 3. The van der Waals surface area contributed by atoms with Gasteiger partial charge in [0.05, 0.1) is 7.11 Å². The van der Waals surface area contributed by atoms with E-state index in [1.807, 2.05) is 18.5 Å². The Kier molecular flexibility index (Phi) is 11.9. The molecule has 7 heteroatoms. The molecule has 4 aromatic rings. The highest BCUT2D eigenvalue weighted by molar-refractivity contribution is 5.86. The Morgan fingerprint density at radius 2 is 1.52 bits per heavy atom. The van der Waals surface area contributed by atoms with Crippen molar-refractivity contribution in [1.29, 1.82) is 0 Å². The van der Waals surface area contributed by atoms with E-state index in [2.05, 4.69) is 99.7 Å². The van der Waals surface area contributed by atoms with E-state index in [4.69, 9.17) is 4.74 Å². The zero-order valence-corrected chi connectivity index (χ0v) is 25.2. The molecule has 6 rings (SSSR count). The van der Waals surface area contributed by atoms with Gasteiger partial charge in [0.1, 0.15) is 5.75 Å². The third-order valence-corrected chi connectivity index (χ3v) is 8.13. The average Bonchev–Trinajstić information content (AvgIpc) is 3.44. The van der Waals surface area contributed by atoms with E-state index in [1.54, 1.807) is 7.11 Å². The van der Waals surface area contributed by atoms with Crippen LogP contribution in [0.3, 0.4) is 0 Å². The maximum Gasteiger partial charge on any atom is 0.123 e. The van der Waals surface area contributed by atoms with Gasteiger partial charge in [0.15, 0.2) is 0 Å². The van der Waals surface area contributed by atoms with Gasteiger partial charge in [-0.2, -0.15) is 0 Å². The van der Waals surface area contributed by atoms with E-state index in [0.717, 1.165) is 30.9 Å².